The van der Waals surface area contributed by atoms with Crippen LogP contribution in [-0.2, 0) is 29.8 Å². The third-order valence-electron chi connectivity index (χ3n) is 8.59. The number of carbonyl (C=O) groups excluding carboxylic acids is 1. The van der Waals surface area contributed by atoms with Gasteiger partial charge in [0.2, 0.25) is 5.91 Å². The summed E-state index contributed by atoms with van der Waals surface area (Å²) in [7, 11) is -8.27. The molecule has 0 aromatic carbocycles. The van der Waals surface area contributed by atoms with Gasteiger partial charge in [-0.25, -0.2) is 4.68 Å². The van der Waals surface area contributed by atoms with Gasteiger partial charge in [0.25, 0.3) is 20.2 Å². The number of hydrogen-bond acceptors (Lipinski definition) is 11. The molecular formula is C27H39Cl4N7O9S2. The lowest BCUT2D eigenvalue weighted by molar-refractivity contribution is -0.142. The Morgan fingerprint density at radius 1 is 1.00 bits per heavy atom. The first-order chi connectivity index (χ1) is 22.8. The first kappa shape index (κ1) is 41.6. The van der Waals surface area contributed by atoms with Crippen LogP contribution in [0.25, 0.3) is 0 Å². The van der Waals surface area contributed by atoms with Crippen molar-refractivity contribution in [1.82, 2.24) is 20.0 Å². The predicted molar refractivity (Wildman–Crippen MR) is 182 cm³/mol. The number of nitrogens with zero attached hydrogens (tertiary/aromatic N) is 6. The Bertz CT molecular complexity index is 1550. The molecule has 2 aliphatic rings. The van der Waals surface area contributed by atoms with E-state index in [1.54, 1.807) is 0 Å². The van der Waals surface area contributed by atoms with Crippen LogP contribution in [0.5, 0.6) is 0 Å². The molecule has 1 aromatic heterocycles. The zero-order chi connectivity index (χ0) is 36.7. The maximum Gasteiger partial charge on any atom is 0.309 e. The van der Waals surface area contributed by atoms with Crippen molar-refractivity contribution in [3.63, 3.8) is 0 Å². The molecular weight excluding hydrogens is 772 g/mol. The number of hydrogen-bond donors (Lipinski definition) is 4. The van der Waals surface area contributed by atoms with E-state index < -0.39 is 83.3 Å². The van der Waals surface area contributed by atoms with Gasteiger partial charge < -0.3 is 15.3 Å². The Kier molecular flexibility index (Phi) is 15.4. The molecule has 1 aromatic rings. The van der Waals surface area contributed by atoms with Crippen LogP contribution in [0.15, 0.2) is 16.4 Å². The summed E-state index contributed by atoms with van der Waals surface area (Å²) in [5.41, 5.74) is 0.0276. The van der Waals surface area contributed by atoms with E-state index >= 15 is 0 Å². The second kappa shape index (κ2) is 18.1. The Hall–Kier alpha value is -1.82. The molecule has 49 heavy (non-hydrogen) atoms. The largest absolute Gasteiger partial charge is 0.481 e. The number of unbranched alkanes of at least 4 members (excludes halogenated alkanes) is 2. The molecule has 2 aliphatic carbocycles. The second-order valence-electron chi connectivity index (χ2n) is 12.1. The molecule has 0 aliphatic heterocycles. The normalized spacial score (nSPS) is 29.6. The zero-order valence-corrected chi connectivity index (χ0v) is 31.0. The highest BCUT2D eigenvalue weighted by molar-refractivity contribution is 7.86. The number of carbonyl (C=O) groups is 2. The van der Waals surface area contributed by atoms with Gasteiger partial charge in [-0.05, 0) is 58.0 Å². The fraction of sp³-hybridized carbons (Fsp3) is 0.778. The van der Waals surface area contributed by atoms with Gasteiger partial charge >= 0.3 is 5.97 Å². The van der Waals surface area contributed by atoms with Crippen LogP contribution in [0, 0.1) is 17.2 Å². The Labute approximate surface area is 305 Å². The van der Waals surface area contributed by atoms with Crippen molar-refractivity contribution in [2.45, 2.75) is 97.5 Å². The summed E-state index contributed by atoms with van der Waals surface area (Å²) in [4.78, 5) is 26.1. The van der Waals surface area contributed by atoms with Crippen LogP contribution in [0.4, 0.5) is 5.82 Å². The van der Waals surface area contributed by atoms with Gasteiger partial charge in [0.15, 0.2) is 5.82 Å². The van der Waals surface area contributed by atoms with Crippen LogP contribution in [0.1, 0.15) is 63.5 Å². The molecule has 1 heterocycles. The molecule has 2 fully saturated rings. The van der Waals surface area contributed by atoms with E-state index in [4.69, 9.17) is 55.5 Å². The summed E-state index contributed by atoms with van der Waals surface area (Å²) < 4.78 is 64.2. The van der Waals surface area contributed by atoms with Gasteiger partial charge in [-0.2, -0.15) is 32.3 Å². The molecule has 0 spiro atoms. The van der Waals surface area contributed by atoms with Crippen molar-refractivity contribution in [2.24, 2.45) is 16.1 Å². The van der Waals surface area contributed by atoms with E-state index in [2.05, 4.69) is 25.5 Å². The zero-order valence-electron chi connectivity index (χ0n) is 26.4. The van der Waals surface area contributed by atoms with Gasteiger partial charge in [0.1, 0.15) is 11.6 Å². The topological polar surface area (TPSA) is 245 Å². The number of halogens is 4. The Balaban J connectivity index is 1.84. The fourth-order valence-electron chi connectivity index (χ4n) is 6.24. The predicted octanol–water partition coefficient (Wildman–Crippen LogP) is 3.59. The molecule has 2 saturated carbocycles. The van der Waals surface area contributed by atoms with Crippen LogP contribution < -0.4 is 5.32 Å². The van der Waals surface area contributed by atoms with Gasteiger partial charge in [0, 0.05) is 13.0 Å². The molecule has 0 radical (unpaired) electrons. The number of rotatable bonds is 16. The Morgan fingerprint density at radius 2 is 1.55 bits per heavy atom. The van der Waals surface area contributed by atoms with Crippen LogP contribution in [-0.4, -0.2) is 122 Å². The summed E-state index contributed by atoms with van der Waals surface area (Å²) in [5, 5.41) is 31.0. The van der Waals surface area contributed by atoms with E-state index in [-0.39, 0.29) is 36.2 Å². The molecule has 1 amide bonds. The number of carboxylic acids is 1. The molecule has 276 valence electrons. The maximum absolute atomic E-state index is 12.2. The molecule has 16 nitrogen and oxygen atoms in total. The molecule has 7 unspecified atom stereocenters. The summed E-state index contributed by atoms with van der Waals surface area (Å²) in [6.45, 7) is 2.22. The number of aromatic nitrogens is 2. The number of carboxylic acid groups (broad SMARTS) is 1. The molecule has 3 rings (SSSR count). The van der Waals surface area contributed by atoms with Crippen molar-refractivity contribution >= 4 is 84.3 Å². The van der Waals surface area contributed by atoms with E-state index in [0.29, 0.717) is 45.2 Å². The van der Waals surface area contributed by atoms with Crippen molar-refractivity contribution in [3.8, 4) is 6.07 Å². The van der Waals surface area contributed by atoms with Crippen molar-refractivity contribution < 1.29 is 40.6 Å². The minimum Gasteiger partial charge on any atom is -0.481 e. The lowest BCUT2D eigenvalue weighted by atomic mass is 9.84. The van der Waals surface area contributed by atoms with Gasteiger partial charge in [0.05, 0.1) is 63.3 Å². The number of aliphatic carboxylic acids is 1. The number of amides is 1. The third-order valence-corrected chi connectivity index (χ3v) is 12.6. The summed E-state index contributed by atoms with van der Waals surface area (Å²) in [6, 6.07) is -0.176. The molecule has 7 atom stereocenters. The minimum atomic E-state index is -4.13. The molecule has 4 N–H and O–H groups in total. The SMILES string of the molecule is CC(=O)NC1CC(N(CCCCS(=O)(=O)O)CCCCS(=O)(=O)O)CCC1N=Nc1c(C#N)cnn1C1C(Cl)C(Cl)C(C(=O)O)C(Cl)C1Cl. The summed E-state index contributed by atoms with van der Waals surface area (Å²) >= 11 is 26.1. The van der Waals surface area contributed by atoms with Gasteiger partial charge in [-0.3, -0.25) is 18.7 Å². The lowest BCUT2D eigenvalue weighted by Crippen LogP contribution is -2.53. The lowest BCUT2D eigenvalue weighted by Gasteiger charge is -2.41. The quantitative estimate of drug-likeness (QED) is 0.0810. The monoisotopic (exact) mass is 809 g/mol. The number of alkyl halides is 4. The highest BCUT2D eigenvalue weighted by Gasteiger charge is 2.53. The summed E-state index contributed by atoms with van der Waals surface area (Å²) in [5.74, 6) is -3.65. The first-order valence-corrected chi connectivity index (χ1v) is 20.4. The number of azo groups is 1. The average Bonchev–Trinajstić information content (AvgIpc) is 3.39. The van der Waals surface area contributed by atoms with Crippen LogP contribution in [0.2, 0.25) is 0 Å². The molecule has 0 saturated heterocycles. The van der Waals surface area contributed by atoms with Crippen molar-refractivity contribution in [2.75, 3.05) is 24.6 Å². The highest BCUT2D eigenvalue weighted by atomic mass is 35.5. The number of nitriles is 1. The van der Waals surface area contributed by atoms with E-state index in [1.165, 1.54) is 17.8 Å². The van der Waals surface area contributed by atoms with E-state index in [9.17, 15) is 36.8 Å². The van der Waals surface area contributed by atoms with Crippen LogP contribution >= 0.6 is 46.4 Å². The molecule has 22 heteroatoms. The number of nitrogens with one attached hydrogen (secondary N) is 1. The maximum atomic E-state index is 12.2. The summed E-state index contributed by atoms with van der Waals surface area (Å²) in [6.07, 6.45) is 3.88. The smallest absolute Gasteiger partial charge is 0.309 e. The molecule has 0 bridgehead atoms. The average molecular weight is 812 g/mol. The second-order valence-corrected chi connectivity index (χ2v) is 17.3. The van der Waals surface area contributed by atoms with Gasteiger partial charge in [-0.1, -0.05) is 0 Å². The highest BCUT2D eigenvalue weighted by Crippen LogP contribution is 2.46. The fourth-order valence-corrected chi connectivity index (χ4v) is 9.20. The third kappa shape index (κ3) is 11.9. The first-order valence-electron chi connectivity index (χ1n) is 15.4. The van der Waals surface area contributed by atoms with E-state index in [0.717, 1.165) is 0 Å². The Morgan fingerprint density at radius 3 is 2.02 bits per heavy atom. The van der Waals surface area contributed by atoms with Crippen molar-refractivity contribution in [3.05, 3.63) is 11.8 Å². The van der Waals surface area contributed by atoms with E-state index in [1.807, 2.05) is 6.07 Å². The van der Waals surface area contributed by atoms with Crippen LogP contribution in [0.3, 0.4) is 0 Å². The minimum absolute atomic E-state index is 0.00620. The van der Waals surface area contributed by atoms with Gasteiger partial charge in [-0.15, -0.1) is 51.5 Å². The standard InChI is InChI=1S/C27H39Cl4N7O9S2/c1-15(39)34-19-12-17(37(8-2-4-10-48(42,43)44)9-3-5-11-49(45,46)47)6-7-18(19)35-36-26-16(13-32)14-33-38(26)25-23(30)21(28)20(27(40)41)22(29)24(25)31/h14,17-25H,2-12H2,1H3,(H,34,39)(H,40,41)(H,42,43,44)(H,45,46,47). The van der Waals surface area contributed by atoms with Crippen molar-refractivity contribution in [1.29, 1.82) is 5.26 Å².